The van der Waals surface area contributed by atoms with E-state index in [1.165, 1.54) is 11.9 Å². The van der Waals surface area contributed by atoms with Crippen LogP contribution in [-0.4, -0.2) is 55.6 Å². The van der Waals surface area contributed by atoms with Crippen LogP contribution in [0.1, 0.15) is 18.1 Å². The second-order valence-corrected chi connectivity index (χ2v) is 12.5. The number of amides is 2. The number of carbonyl (C=O) groups excluding carboxylic acids is 2. The van der Waals surface area contributed by atoms with Gasteiger partial charge in [0.05, 0.1) is 11.4 Å². The Kier molecular flexibility index (Phi) is 9.73. The number of hydrogen-bond acceptors (Lipinski definition) is 4. The molecule has 7 nitrogen and oxygen atoms in total. The van der Waals surface area contributed by atoms with Crippen molar-refractivity contribution in [1.29, 1.82) is 0 Å². The molecule has 1 N–H and O–H groups in total. The molecule has 0 bridgehead atoms. The second-order valence-electron chi connectivity index (χ2n) is 9.52. The highest BCUT2D eigenvalue weighted by Crippen LogP contribution is 2.22. The molecule has 40 heavy (non-hydrogen) atoms. The van der Waals surface area contributed by atoms with Crippen molar-refractivity contribution < 1.29 is 18.0 Å². The van der Waals surface area contributed by atoms with Crippen molar-refractivity contribution in [1.82, 2.24) is 14.5 Å². The Balaban J connectivity index is 1.65. The largest absolute Gasteiger partial charge is 0.355 e. The van der Waals surface area contributed by atoms with Crippen LogP contribution >= 0.6 is 15.9 Å². The van der Waals surface area contributed by atoms with E-state index >= 15 is 0 Å². The molecule has 0 fully saturated rings. The molecule has 208 valence electrons. The molecule has 4 aromatic rings. The smallest absolute Gasteiger partial charge is 0.243 e. The summed E-state index contributed by atoms with van der Waals surface area (Å²) in [5.74, 6) is -0.765. The first kappa shape index (κ1) is 29.5. The minimum absolute atomic E-state index is 0.102. The summed E-state index contributed by atoms with van der Waals surface area (Å²) in [6, 6.07) is 28.5. The zero-order valence-electron chi connectivity index (χ0n) is 22.5. The molecule has 0 saturated heterocycles. The van der Waals surface area contributed by atoms with Gasteiger partial charge in [-0.05, 0) is 53.1 Å². The van der Waals surface area contributed by atoms with E-state index in [9.17, 15) is 18.0 Å². The van der Waals surface area contributed by atoms with Crippen molar-refractivity contribution in [3.63, 3.8) is 0 Å². The fourth-order valence-electron chi connectivity index (χ4n) is 4.51. The number of sulfonamides is 1. The van der Waals surface area contributed by atoms with Gasteiger partial charge in [0.1, 0.15) is 6.04 Å². The maximum atomic E-state index is 13.9. The van der Waals surface area contributed by atoms with Gasteiger partial charge in [-0.3, -0.25) is 9.59 Å². The quantitative estimate of drug-likeness (QED) is 0.255. The van der Waals surface area contributed by atoms with E-state index in [4.69, 9.17) is 0 Å². The monoisotopic (exact) mass is 621 g/mol. The van der Waals surface area contributed by atoms with Crippen molar-refractivity contribution in [3.8, 4) is 0 Å². The molecule has 0 aromatic heterocycles. The molecule has 4 rings (SSSR count). The molecule has 0 aliphatic rings. The van der Waals surface area contributed by atoms with Gasteiger partial charge in [0, 0.05) is 31.0 Å². The van der Waals surface area contributed by atoms with Crippen LogP contribution in [-0.2, 0) is 32.6 Å². The normalized spacial score (nSPS) is 12.3. The Morgan fingerprint density at radius 3 is 2.17 bits per heavy atom. The number of benzene rings is 4. The van der Waals surface area contributed by atoms with Crippen LogP contribution in [0.25, 0.3) is 10.8 Å². The van der Waals surface area contributed by atoms with E-state index in [0.717, 1.165) is 30.7 Å². The summed E-state index contributed by atoms with van der Waals surface area (Å²) >= 11 is 3.43. The van der Waals surface area contributed by atoms with E-state index in [-0.39, 0.29) is 23.8 Å². The van der Waals surface area contributed by atoms with Crippen molar-refractivity contribution in [3.05, 3.63) is 113 Å². The summed E-state index contributed by atoms with van der Waals surface area (Å²) in [4.78, 5) is 28.8. The first-order chi connectivity index (χ1) is 19.2. The van der Waals surface area contributed by atoms with Crippen LogP contribution in [0, 0.1) is 0 Å². The molecule has 0 spiro atoms. The molecule has 0 aliphatic heterocycles. The number of halogens is 1. The number of nitrogens with zero attached hydrogens (tertiary/aromatic N) is 2. The molecular formula is C31H32BrN3O4S. The third kappa shape index (κ3) is 7.15. The van der Waals surface area contributed by atoms with Gasteiger partial charge in [-0.1, -0.05) is 88.7 Å². The Bertz CT molecular complexity index is 1580. The number of likely N-dealkylation sites (N-methyl/N-ethyl adjacent to an activating group) is 2. The molecule has 1 atom stereocenters. The molecule has 4 aromatic carbocycles. The van der Waals surface area contributed by atoms with Crippen molar-refractivity contribution in [2.24, 2.45) is 0 Å². The second kappa shape index (κ2) is 13.2. The van der Waals surface area contributed by atoms with Crippen molar-refractivity contribution in [2.75, 3.05) is 20.1 Å². The van der Waals surface area contributed by atoms with Crippen LogP contribution in [0.2, 0.25) is 0 Å². The van der Waals surface area contributed by atoms with Gasteiger partial charge in [-0.15, -0.1) is 0 Å². The van der Waals surface area contributed by atoms with Crippen LogP contribution < -0.4 is 5.32 Å². The van der Waals surface area contributed by atoms with Crippen LogP contribution in [0.5, 0.6) is 0 Å². The van der Waals surface area contributed by atoms with Gasteiger partial charge in [-0.2, -0.15) is 4.31 Å². The van der Waals surface area contributed by atoms with Crippen molar-refractivity contribution in [2.45, 2.75) is 30.8 Å². The van der Waals surface area contributed by atoms with Crippen LogP contribution in [0.3, 0.4) is 0 Å². The maximum absolute atomic E-state index is 13.9. The lowest BCUT2D eigenvalue weighted by atomic mass is 10.0. The first-order valence-corrected chi connectivity index (χ1v) is 15.2. The summed E-state index contributed by atoms with van der Waals surface area (Å²) < 4.78 is 28.9. The van der Waals surface area contributed by atoms with E-state index < -0.39 is 28.5 Å². The van der Waals surface area contributed by atoms with Gasteiger partial charge < -0.3 is 10.2 Å². The number of hydrogen-bond donors (Lipinski definition) is 1. The van der Waals surface area contributed by atoms with Gasteiger partial charge in [0.25, 0.3) is 0 Å². The zero-order valence-corrected chi connectivity index (χ0v) is 24.9. The number of nitrogens with one attached hydrogen (secondary N) is 1. The predicted octanol–water partition coefficient (Wildman–Crippen LogP) is 5.00. The highest BCUT2D eigenvalue weighted by Gasteiger charge is 2.33. The third-order valence-corrected chi connectivity index (χ3v) is 9.00. The molecule has 1 unspecified atom stereocenters. The highest BCUT2D eigenvalue weighted by atomic mass is 79.9. The summed E-state index contributed by atoms with van der Waals surface area (Å²) in [6.45, 7) is 1.95. The number of carbonyl (C=O) groups is 2. The van der Waals surface area contributed by atoms with E-state index in [0.29, 0.717) is 6.54 Å². The zero-order chi connectivity index (χ0) is 28.7. The lowest BCUT2D eigenvalue weighted by molar-refractivity contribution is -0.141. The van der Waals surface area contributed by atoms with Crippen molar-refractivity contribution >= 4 is 48.5 Å². The maximum Gasteiger partial charge on any atom is 0.243 e. The average molecular weight is 623 g/mol. The van der Waals surface area contributed by atoms with Crippen LogP contribution in [0.15, 0.2) is 106 Å². The lowest BCUT2D eigenvalue weighted by Crippen LogP contribution is -2.53. The van der Waals surface area contributed by atoms with E-state index in [2.05, 4.69) is 21.2 Å². The molecule has 0 radical (unpaired) electrons. The van der Waals surface area contributed by atoms with Gasteiger partial charge in [0.2, 0.25) is 21.8 Å². The molecule has 0 heterocycles. The molecule has 0 aliphatic carbocycles. The lowest BCUT2D eigenvalue weighted by Gasteiger charge is -2.32. The fraction of sp³-hybridized carbons (Fsp3) is 0.226. The SMILES string of the molecule is CCNC(=O)C(Cc1ccccc1)N(Cc1ccc(Br)cc1)C(=O)CN(C)S(=O)(=O)c1ccc2ccccc2c1. The minimum Gasteiger partial charge on any atom is -0.355 e. The Hall–Kier alpha value is -3.53. The van der Waals surface area contributed by atoms with Gasteiger partial charge >= 0.3 is 0 Å². The van der Waals surface area contributed by atoms with E-state index in [1.807, 2.05) is 85.8 Å². The fourth-order valence-corrected chi connectivity index (χ4v) is 5.93. The summed E-state index contributed by atoms with van der Waals surface area (Å²) in [7, 11) is -2.59. The summed E-state index contributed by atoms with van der Waals surface area (Å²) in [6.07, 6.45) is 0.288. The molecule has 0 saturated carbocycles. The molecule has 9 heteroatoms. The predicted molar refractivity (Wildman–Crippen MR) is 161 cm³/mol. The average Bonchev–Trinajstić information content (AvgIpc) is 2.96. The minimum atomic E-state index is -3.97. The standard InChI is InChI=1S/C31H32BrN3O4S/c1-3-33-31(37)29(19-23-9-5-4-6-10-23)35(21-24-13-16-27(32)17-14-24)30(36)22-34(2)40(38,39)28-18-15-25-11-7-8-12-26(25)20-28/h4-18,20,29H,3,19,21-22H2,1-2H3,(H,33,37). The van der Waals surface area contributed by atoms with Crippen LogP contribution in [0.4, 0.5) is 0 Å². The molecular weight excluding hydrogens is 590 g/mol. The van der Waals surface area contributed by atoms with Gasteiger partial charge in [0.15, 0.2) is 0 Å². The Morgan fingerprint density at radius 1 is 0.850 bits per heavy atom. The highest BCUT2D eigenvalue weighted by molar-refractivity contribution is 9.10. The molecule has 2 amide bonds. The Labute approximate surface area is 244 Å². The number of rotatable bonds is 11. The topological polar surface area (TPSA) is 86.8 Å². The van der Waals surface area contributed by atoms with E-state index in [1.54, 1.807) is 18.2 Å². The van der Waals surface area contributed by atoms with Gasteiger partial charge in [-0.25, -0.2) is 8.42 Å². The Morgan fingerprint density at radius 2 is 1.50 bits per heavy atom. The number of fused-ring (bicyclic) bond motifs is 1. The third-order valence-electron chi connectivity index (χ3n) is 6.68. The summed E-state index contributed by atoms with van der Waals surface area (Å²) in [5.41, 5.74) is 1.71. The first-order valence-electron chi connectivity index (χ1n) is 13.0. The summed E-state index contributed by atoms with van der Waals surface area (Å²) in [5, 5.41) is 4.56.